The molecule has 254 valence electrons. The second kappa shape index (κ2) is 14.9. The first-order valence-electron chi connectivity index (χ1n) is 15.3. The SMILES string of the molecule is CCOc1nc2cccc(C(=O)O)c2n1Cc1ccc(-c2ccccc2-c2nnn(COC(=O)OCc3ccccc3CO[N+](=O)[O-])n2)cc1. The van der Waals surface area contributed by atoms with E-state index in [1.165, 1.54) is 0 Å². The quantitative estimate of drug-likeness (QED) is 0.0859. The zero-order valence-corrected chi connectivity index (χ0v) is 26.5. The van der Waals surface area contributed by atoms with Gasteiger partial charge in [-0.1, -0.05) is 78.9 Å². The molecule has 0 fully saturated rings. The fourth-order valence-electron chi connectivity index (χ4n) is 5.28. The molecule has 0 saturated carbocycles. The number of carbonyl (C=O) groups is 2. The molecule has 6 rings (SSSR count). The Bertz CT molecular complexity index is 2160. The highest BCUT2D eigenvalue weighted by atomic mass is 16.9. The number of para-hydroxylation sites is 1. The van der Waals surface area contributed by atoms with E-state index in [1.54, 1.807) is 47.0 Å². The second-order valence-electron chi connectivity index (χ2n) is 10.7. The van der Waals surface area contributed by atoms with Gasteiger partial charge in [-0.3, -0.25) is 4.57 Å². The van der Waals surface area contributed by atoms with E-state index < -0.39 is 17.2 Å². The van der Waals surface area contributed by atoms with Gasteiger partial charge in [-0.15, -0.1) is 25.1 Å². The van der Waals surface area contributed by atoms with Crippen LogP contribution in [0, 0.1) is 10.1 Å². The predicted molar refractivity (Wildman–Crippen MR) is 175 cm³/mol. The van der Waals surface area contributed by atoms with E-state index in [1.807, 2.05) is 55.5 Å². The summed E-state index contributed by atoms with van der Waals surface area (Å²) in [6, 6.07) is 27.2. The number of tetrazole rings is 1. The molecule has 0 amide bonds. The number of rotatable bonds is 14. The zero-order valence-electron chi connectivity index (χ0n) is 26.5. The van der Waals surface area contributed by atoms with Crippen molar-refractivity contribution in [3.8, 4) is 28.5 Å². The third kappa shape index (κ3) is 7.49. The van der Waals surface area contributed by atoms with Crippen molar-refractivity contribution in [2.24, 2.45) is 0 Å². The average Bonchev–Trinajstić information content (AvgIpc) is 3.74. The van der Waals surface area contributed by atoms with Crippen molar-refractivity contribution < 1.29 is 38.8 Å². The van der Waals surface area contributed by atoms with E-state index in [-0.39, 0.29) is 25.5 Å². The normalized spacial score (nSPS) is 10.9. The van der Waals surface area contributed by atoms with Crippen molar-refractivity contribution in [3.63, 3.8) is 0 Å². The Hall–Kier alpha value is -6.84. The molecule has 0 radical (unpaired) electrons. The molecule has 0 spiro atoms. The van der Waals surface area contributed by atoms with Crippen molar-refractivity contribution in [1.29, 1.82) is 0 Å². The van der Waals surface area contributed by atoms with Crippen LogP contribution in [0.25, 0.3) is 33.5 Å². The first-order valence-corrected chi connectivity index (χ1v) is 15.3. The Morgan fingerprint density at radius 3 is 2.32 bits per heavy atom. The zero-order chi connectivity index (χ0) is 35.0. The topological polar surface area (TPSA) is 196 Å². The second-order valence-corrected chi connectivity index (χ2v) is 10.7. The Kier molecular flexibility index (Phi) is 9.88. The molecular weight excluding hydrogens is 650 g/mol. The number of ether oxygens (including phenoxy) is 3. The summed E-state index contributed by atoms with van der Waals surface area (Å²) in [5.41, 5.74) is 5.45. The predicted octanol–water partition coefficient (Wildman–Crippen LogP) is 5.52. The molecule has 4 aromatic carbocycles. The van der Waals surface area contributed by atoms with Gasteiger partial charge in [-0.25, -0.2) is 9.59 Å². The molecular formula is C34H29N7O9. The van der Waals surface area contributed by atoms with Crippen LogP contribution in [0.5, 0.6) is 6.01 Å². The highest BCUT2D eigenvalue weighted by Gasteiger charge is 2.19. The summed E-state index contributed by atoms with van der Waals surface area (Å²) in [6.07, 6.45) is -0.995. The molecule has 16 heteroatoms. The van der Waals surface area contributed by atoms with Gasteiger partial charge >= 0.3 is 12.1 Å². The minimum absolute atomic E-state index is 0.137. The number of fused-ring (bicyclic) bond motifs is 1. The highest BCUT2D eigenvalue weighted by molar-refractivity contribution is 6.01. The van der Waals surface area contributed by atoms with E-state index in [2.05, 4.69) is 25.2 Å². The third-order valence-corrected chi connectivity index (χ3v) is 7.55. The Labute approximate surface area is 283 Å². The average molecular weight is 680 g/mol. The van der Waals surface area contributed by atoms with Gasteiger partial charge in [0.05, 0.1) is 29.7 Å². The van der Waals surface area contributed by atoms with Crippen molar-refractivity contribution >= 4 is 23.2 Å². The number of imidazole rings is 1. The van der Waals surface area contributed by atoms with Crippen molar-refractivity contribution in [2.45, 2.75) is 33.4 Å². The minimum atomic E-state index is -1.05. The molecule has 0 aliphatic carbocycles. The van der Waals surface area contributed by atoms with Crippen LogP contribution in [0.15, 0.2) is 91.0 Å². The number of aromatic carboxylic acids is 1. The van der Waals surface area contributed by atoms with Crippen LogP contribution in [0.1, 0.15) is 34.0 Å². The lowest BCUT2D eigenvalue weighted by molar-refractivity contribution is -0.763. The van der Waals surface area contributed by atoms with Crippen LogP contribution >= 0.6 is 0 Å². The van der Waals surface area contributed by atoms with Gasteiger partial charge in [-0.2, -0.15) is 4.98 Å². The summed E-state index contributed by atoms with van der Waals surface area (Å²) in [6.45, 7) is 1.70. The molecule has 2 aromatic heterocycles. The molecule has 1 N–H and O–H groups in total. The van der Waals surface area contributed by atoms with E-state index >= 15 is 0 Å². The summed E-state index contributed by atoms with van der Waals surface area (Å²) in [5, 5.41) is 31.9. The van der Waals surface area contributed by atoms with Crippen LogP contribution in [0.2, 0.25) is 0 Å². The minimum Gasteiger partial charge on any atom is -0.478 e. The number of carbonyl (C=O) groups excluding carboxylic acids is 1. The number of aromatic nitrogens is 6. The van der Waals surface area contributed by atoms with E-state index in [9.17, 15) is 24.8 Å². The number of hydrogen-bond donors (Lipinski definition) is 1. The molecule has 6 aromatic rings. The van der Waals surface area contributed by atoms with Crippen molar-refractivity contribution in [2.75, 3.05) is 6.61 Å². The van der Waals surface area contributed by atoms with E-state index in [0.29, 0.717) is 52.7 Å². The summed E-state index contributed by atoms with van der Waals surface area (Å²) in [7, 11) is 0. The largest absolute Gasteiger partial charge is 0.510 e. The van der Waals surface area contributed by atoms with Gasteiger partial charge in [0.1, 0.15) is 13.2 Å². The fourth-order valence-corrected chi connectivity index (χ4v) is 5.28. The summed E-state index contributed by atoms with van der Waals surface area (Å²) in [5.74, 6) is -0.751. The molecule has 0 atom stereocenters. The molecule has 2 heterocycles. The molecule has 0 unspecified atom stereocenters. The molecule has 0 saturated heterocycles. The molecule has 0 aliphatic rings. The Balaban J connectivity index is 1.13. The summed E-state index contributed by atoms with van der Waals surface area (Å²) >= 11 is 0. The first kappa shape index (κ1) is 33.1. The van der Waals surface area contributed by atoms with E-state index in [0.717, 1.165) is 21.5 Å². The first-order chi connectivity index (χ1) is 24.3. The maximum Gasteiger partial charge on any atom is 0.510 e. The van der Waals surface area contributed by atoms with Crippen LogP contribution in [-0.2, 0) is 40.8 Å². The van der Waals surface area contributed by atoms with E-state index in [4.69, 9.17) is 14.2 Å². The molecule has 50 heavy (non-hydrogen) atoms. The number of hydrogen-bond acceptors (Lipinski definition) is 12. The Morgan fingerprint density at radius 1 is 0.880 bits per heavy atom. The van der Waals surface area contributed by atoms with Gasteiger partial charge in [0.2, 0.25) is 12.6 Å². The van der Waals surface area contributed by atoms with Gasteiger partial charge in [0.25, 0.3) is 11.1 Å². The standard InChI is InChI=1S/C34H29N7O9/c1-2-47-33-35-29-13-7-12-28(32(42)43)30(29)39(33)18-22-14-16-23(17-15-22)26-10-5-6-11-27(26)31-36-38-40(37-31)21-49-34(44)48-19-24-8-3-4-9-25(24)20-50-41(45)46/h3-17H,2,18-21H2,1H3,(H,42,43). The lowest BCUT2D eigenvalue weighted by Gasteiger charge is -2.12. The smallest absolute Gasteiger partial charge is 0.478 e. The summed E-state index contributed by atoms with van der Waals surface area (Å²) in [4.78, 5) is 44.8. The highest BCUT2D eigenvalue weighted by Crippen LogP contribution is 2.31. The van der Waals surface area contributed by atoms with Gasteiger partial charge in [0, 0.05) is 5.56 Å². The third-order valence-electron chi connectivity index (χ3n) is 7.55. The molecule has 16 nitrogen and oxygen atoms in total. The molecule has 0 bridgehead atoms. The number of nitrogens with zero attached hydrogens (tertiary/aromatic N) is 7. The van der Waals surface area contributed by atoms with Crippen molar-refractivity contribution in [1.82, 2.24) is 29.8 Å². The number of carboxylic acids is 1. The van der Waals surface area contributed by atoms with Crippen LogP contribution in [-0.4, -0.2) is 58.7 Å². The number of carboxylic acid groups (broad SMARTS) is 1. The fraction of sp³-hybridized carbons (Fsp3) is 0.176. The van der Waals surface area contributed by atoms with Crippen LogP contribution < -0.4 is 4.74 Å². The van der Waals surface area contributed by atoms with Crippen molar-refractivity contribution in [3.05, 3.63) is 123 Å². The lowest BCUT2D eigenvalue weighted by Crippen LogP contribution is -2.14. The monoisotopic (exact) mass is 679 g/mol. The lowest BCUT2D eigenvalue weighted by atomic mass is 9.98. The van der Waals surface area contributed by atoms with Gasteiger partial charge in [0.15, 0.2) is 0 Å². The Morgan fingerprint density at radius 2 is 1.60 bits per heavy atom. The maximum atomic E-state index is 12.3. The number of benzene rings is 4. The van der Waals surface area contributed by atoms with Gasteiger partial charge in [-0.05, 0) is 52.1 Å². The van der Waals surface area contributed by atoms with Crippen LogP contribution in [0.3, 0.4) is 0 Å². The molecule has 0 aliphatic heterocycles. The van der Waals surface area contributed by atoms with Crippen LogP contribution in [0.4, 0.5) is 4.79 Å². The summed E-state index contributed by atoms with van der Waals surface area (Å²) < 4.78 is 17.8. The maximum absolute atomic E-state index is 12.3. The van der Waals surface area contributed by atoms with Gasteiger partial charge < -0.3 is 24.2 Å².